The standard InChI is InChI=1S/C20H21NO4S/c22-18(16-9-5-2-6-10-16)13-26-14-19(23)21-12-17(20(24)25)11-15-7-3-1-4-8-15/h1-10,17H,11-14H2,(H,21,23)(H,24,25). The van der Waals surface area contributed by atoms with Gasteiger partial charge in [0, 0.05) is 12.1 Å². The van der Waals surface area contributed by atoms with E-state index in [1.54, 1.807) is 24.3 Å². The normalized spacial score (nSPS) is 11.5. The average Bonchev–Trinajstić information content (AvgIpc) is 2.66. The van der Waals surface area contributed by atoms with Gasteiger partial charge < -0.3 is 10.4 Å². The molecular weight excluding hydrogens is 350 g/mol. The lowest BCUT2D eigenvalue weighted by molar-refractivity contribution is -0.141. The number of carbonyl (C=O) groups is 3. The fraction of sp³-hybridized carbons (Fsp3) is 0.250. The van der Waals surface area contributed by atoms with Crippen molar-refractivity contribution in [3.63, 3.8) is 0 Å². The average molecular weight is 371 g/mol. The minimum absolute atomic E-state index is 0.0316. The first-order chi connectivity index (χ1) is 12.6. The Labute approximate surface area is 156 Å². The van der Waals surface area contributed by atoms with Crippen molar-refractivity contribution < 1.29 is 19.5 Å². The molecule has 0 aliphatic carbocycles. The summed E-state index contributed by atoms with van der Waals surface area (Å²) < 4.78 is 0. The highest BCUT2D eigenvalue weighted by Gasteiger charge is 2.19. The molecule has 6 heteroatoms. The first-order valence-electron chi connectivity index (χ1n) is 8.25. The van der Waals surface area contributed by atoms with E-state index in [0.717, 1.165) is 5.56 Å². The number of rotatable bonds is 10. The van der Waals surface area contributed by atoms with E-state index in [1.165, 1.54) is 11.8 Å². The van der Waals surface area contributed by atoms with E-state index < -0.39 is 11.9 Å². The van der Waals surface area contributed by atoms with Crippen molar-refractivity contribution in [1.82, 2.24) is 5.32 Å². The van der Waals surface area contributed by atoms with Gasteiger partial charge in [0.05, 0.1) is 17.4 Å². The Balaban J connectivity index is 1.72. The highest BCUT2D eigenvalue weighted by molar-refractivity contribution is 8.00. The summed E-state index contributed by atoms with van der Waals surface area (Å²) in [5, 5.41) is 12.0. The molecule has 0 saturated heterocycles. The van der Waals surface area contributed by atoms with Gasteiger partial charge in [-0.3, -0.25) is 14.4 Å². The first-order valence-corrected chi connectivity index (χ1v) is 9.41. The van der Waals surface area contributed by atoms with E-state index in [1.807, 2.05) is 36.4 Å². The van der Waals surface area contributed by atoms with Crippen LogP contribution in [0.4, 0.5) is 0 Å². The number of Topliss-reactive ketones (excluding diaryl/α,β-unsaturated/α-hetero) is 1. The Bertz CT molecular complexity index is 734. The Morgan fingerprint density at radius 2 is 1.54 bits per heavy atom. The number of aliphatic carboxylic acids is 1. The third kappa shape index (κ3) is 6.72. The van der Waals surface area contributed by atoms with Gasteiger partial charge in [-0.1, -0.05) is 60.7 Å². The van der Waals surface area contributed by atoms with Gasteiger partial charge in [-0.25, -0.2) is 0 Å². The number of nitrogens with one attached hydrogen (secondary N) is 1. The van der Waals surface area contributed by atoms with E-state index in [0.29, 0.717) is 12.0 Å². The smallest absolute Gasteiger partial charge is 0.308 e. The van der Waals surface area contributed by atoms with Crippen molar-refractivity contribution in [1.29, 1.82) is 0 Å². The SMILES string of the molecule is O=C(CSCC(=O)c1ccccc1)NCC(Cc1ccccc1)C(=O)O. The van der Waals surface area contributed by atoms with Crippen LogP contribution in [0.15, 0.2) is 60.7 Å². The molecule has 0 radical (unpaired) electrons. The zero-order valence-electron chi connectivity index (χ0n) is 14.3. The van der Waals surface area contributed by atoms with Crippen LogP contribution in [0.3, 0.4) is 0 Å². The van der Waals surface area contributed by atoms with Crippen LogP contribution in [0.5, 0.6) is 0 Å². The summed E-state index contributed by atoms with van der Waals surface area (Å²) in [5.41, 5.74) is 1.53. The maximum absolute atomic E-state index is 12.0. The number of carbonyl (C=O) groups excluding carboxylic acids is 2. The molecule has 0 saturated carbocycles. The van der Waals surface area contributed by atoms with Gasteiger partial charge in [-0.15, -0.1) is 11.8 Å². The van der Waals surface area contributed by atoms with Crippen LogP contribution < -0.4 is 5.32 Å². The van der Waals surface area contributed by atoms with Crippen LogP contribution >= 0.6 is 11.8 Å². The fourth-order valence-corrected chi connectivity index (χ4v) is 3.12. The molecule has 1 unspecified atom stereocenters. The van der Waals surface area contributed by atoms with Gasteiger partial charge in [0.15, 0.2) is 5.78 Å². The molecule has 0 aliphatic heterocycles. The third-order valence-corrected chi connectivity index (χ3v) is 4.71. The zero-order chi connectivity index (χ0) is 18.8. The molecule has 0 heterocycles. The van der Waals surface area contributed by atoms with Crippen molar-refractivity contribution in [3.05, 3.63) is 71.8 Å². The molecule has 2 N–H and O–H groups in total. The molecule has 0 spiro atoms. The number of carboxylic acids is 1. The topological polar surface area (TPSA) is 83.5 Å². The molecule has 0 aliphatic rings. The van der Waals surface area contributed by atoms with Crippen molar-refractivity contribution in [3.8, 4) is 0 Å². The summed E-state index contributed by atoms with van der Waals surface area (Å²) in [7, 11) is 0. The van der Waals surface area contributed by atoms with Crippen LogP contribution in [0, 0.1) is 5.92 Å². The predicted molar refractivity (Wildman–Crippen MR) is 102 cm³/mol. The third-order valence-electron chi connectivity index (χ3n) is 3.78. The highest BCUT2D eigenvalue weighted by atomic mass is 32.2. The van der Waals surface area contributed by atoms with Crippen molar-refractivity contribution in [2.24, 2.45) is 5.92 Å². The fourth-order valence-electron chi connectivity index (χ4n) is 2.38. The van der Waals surface area contributed by atoms with E-state index in [4.69, 9.17) is 0 Å². The number of hydrogen-bond acceptors (Lipinski definition) is 4. The zero-order valence-corrected chi connectivity index (χ0v) is 15.1. The van der Waals surface area contributed by atoms with E-state index in [2.05, 4.69) is 5.32 Å². The second kappa shape index (κ2) is 10.4. The van der Waals surface area contributed by atoms with Crippen molar-refractivity contribution in [2.45, 2.75) is 6.42 Å². The Hall–Kier alpha value is -2.60. The summed E-state index contributed by atoms with van der Waals surface area (Å²) in [6.07, 6.45) is 0.357. The molecule has 0 bridgehead atoms. The number of hydrogen-bond donors (Lipinski definition) is 2. The highest BCUT2D eigenvalue weighted by Crippen LogP contribution is 2.10. The second-order valence-electron chi connectivity index (χ2n) is 5.81. The number of carboxylic acid groups (broad SMARTS) is 1. The maximum atomic E-state index is 12.0. The van der Waals surface area contributed by atoms with Gasteiger partial charge in [-0.2, -0.15) is 0 Å². The van der Waals surface area contributed by atoms with Crippen LogP contribution in [-0.2, 0) is 16.0 Å². The number of amides is 1. The van der Waals surface area contributed by atoms with Gasteiger partial charge in [-0.05, 0) is 12.0 Å². The molecule has 2 rings (SSSR count). The lowest BCUT2D eigenvalue weighted by Gasteiger charge is -2.13. The van der Waals surface area contributed by atoms with E-state index in [-0.39, 0.29) is 29.7 Å². The molecule has 5 nitrogen and oxygen atoms in total. The minimum atomic E-state index is -0.943. The van der Waals surface area contributed by atoms with Crippen LogP contribution in [0.1, 0.15) is 15.9 Å². The summed E-state index contributed by atoms with van der Waals surface area (Å²) in [6.45, 7) is 0.0657. The Morgan fingerprint density at radius 3 is 2.15 bits per heavy atom. The minimum Gasteiger partial charge on any atom is -0.481 e. The molecule has 0 aromatic heterocycles. The van der Waals surface area contributed by atoms with Crippen LogP contribution in [0.25, 0.3) is 0 Å². The lowest BCUT2D eigenvalue weighted by atomic mass is 9.99. The number of ketones is 1. The van der Waals surface area contributed by atoms with E-state index in [9.17, 15) is 19.5 Å². The first kappa shape index (κ1) is 19.7. The summed E-state index contributed by atoms with van der Waals surface area (Å²) in [5.74, 6) is -1.59. The van der Waals surface area contributed by atoms with Gasteiger partial charge in [0.25, 0.3) is 0 Å². The van der Waals surface area contributed by atoms with Gasteiger partial charge in [0.2, 0.25) is 5.91 Å². The van der Waals surface area contributed by atoms with Crippen LogP contribution in [0.2, 0.25) is 0 Å². The lowest BCUT2D eigenvalue weighted by Crippen LogP contribution is -2.35. The molecule has 1 amide bonds. The monoisotopic (exact) mass is 371 g/mol. The molecule has 136 valence electrons. The van der Waals surface area contributed by atoms with Crippen molar-refractivity contribution in [2.75, 3.05) is 18.1 Å². The molecule has 2 aromatic carbocycles. The van der Waals surface area contributed by atoms with Gasteiger partial charge in [0.1, 0.15) is 0 Å². The predicted octanol–water partition coefficient (Wildman–Crippen LogP) is 2.66. The summed E-state index contributed by atoms with van der Waals surface area (Å²) >= 11 is 1.22. The Morgan fingerprint density at radius 1 is 0.923 bits per heavy atom. The summed E-state index contributed by atoms with van der Waals surface area (Å²) in [6, 6.07) is 18.2. The van der Waals surface area contributed by atoms with Gasteiger partial charge >= 0.3 is 5.97 Å². The maximum Gasteiger partial charge on any atom is 0.308 e. The largest absolute Gasteiger partial charge is 0.481 e. The number of benzene rings is 2. The van der Waals surface area contributed by atoms with Crippen LogP contribution in [-0.4, -0.2) is 40.8 Å². The molecular formula is C20H21NO4S. The molecule has 0 fully saturated rings. The second-order valence-corrected chi connectivity index (χ2v) is 6.80. The quantitative estimate of drug-likeness (QED) is 0.628. The van der Waals surface area contributed by atoms with Crippen molar-refractivity contribution >= 4 is 29.4 Å². The molecule has 26 heavy (non-hydrogen) atoms. The van der Waals surface area contributed by atoms with E-state index >= 15 is 0 Å². The number of thioether (sulfide) groups is 1. The Kier molecular flexibility index (Phi) is 7.89. The molecule has 2 aromatic rings. The molecule has 1 atom stereocenters. The summed E-state index contributed by atoms with van der Waals surface area (Å²) in [4.78, 5) is 35.2.